The highest BCUT2D eigenvalue weighted by molar-refractivity contribution is 8.07. The molecule has 0 spiro atoms. The van der Waals surface area contributed by atoms with Crippen molar-refractivity contribution in [3.05, 3.63) is 18.2 Å². The minimum atomic E-state index is 0.0821. The molecule has 0 amide bonds. The molecule has 1 aliphatic rings. The molecule has 1 saturated heterocycles. The van der Waals surface area contributed by atoms with Crippen molar-refractivity contribution >= 4 is 29.3 Å². The highest BCUT2D eigenvalue weighted by Crippen LogP contribution is 2.32. The predicted molar refractivity (Wildman–Crippen MR) is 65.7 cm³/mol. The molecule has 0 saturated carbocycles. The Morgan fingerprint density at radius 3 is 2.87 bits per heavy atom. The molecule has 0 N–H and O–H groups in total. The lowest BCUT2D eigenvalue weighted by Gasteiger charge is -2.25. The molecule has 82 valence electrons. The first-order chi connectivity index (χ1) is 7.18. The summed E-state index contributed by atoms with van der Waals surface area (Å²) in [5.74, 6) is 2.40. The Hall–Kier alpha value is -0.420. The second-order valence-electron chi connectivity index (χ2n) is 3.66. The minimum Gasteiger partial charge on any atom is -0.340 e. The van der Waals surface area contributed by atoms with Crippen LogP contribution in [-0.4, -0.2) is 37.3 Å². The predicted octanol–water partition coefficient (Wildman–Crippen LogP) is 1.84. The maximum atomic E-state index is 12.1. The van der Waals surface area contributed by atoms with E-state index in [9.17, 15) is 4.79 Å². The summed E-state index contributed by atoms with van der Waals surface area (Å²) in [4.78, 5) is 16.2. The first-order valence-electron chi connectivity index (χ1n) is 4.94. The van der Waals surface area contributed by atoms with Crippen LogP contribution in [0.2, 0.25) is 0 Å². The van der Waals surface area contributed by atoms with E-state index in [2.05, 4.69) is 11.9 Å². The largest absolute Gasteiger partial charge is 0.340 e. The molecule has 1 aliphatic heterocycles. The zero-order valence-corrected chi connectivity index (χ0v) is 10.5. The van der Waals surface area contributed by atoms with Gasteiger partial charge < -0.3 is 4.57 Å². The van der Waals surface area contributed by atoms with Gasteiger partial charge in [0.1, 0.15) is 5.69 Å². The van der Waals surface area contributed by atoms with Gasteiger partial charge in [-0.2, -0.15) is 11.8 Å². The third-order valence-corrected chi connectivity index (χ3v) is 5.49. The van der Waals surface area contributed by atoms with Crippen LogP contribution in [0.4, 0.5) is 0 Å². The molecule has 0 bridgehead atoms. The van der Waals surface area contributed by atoms with Gasteiger partial charge in [0.05, 0.1) is 11.6 Å². The Labute approximate surface area is 98.0 Å². The second kappa shape index (κ2) is 4.61. The van der Waals surface area contributed by atoms with Crippen molar-refractivity contribution in [2.45, 2.75) is 17.4 Å². The first kappa shape index (κ1) is 11.1. The van der Waals surface area contributed by atoms with Crippen LogP contribution in [-0.2, 0) is 7.05 Å². The highest BCUT2D eigenvalue weighted by atomic mass is 32.2. The molecule has 2 heterocycles. The van der Waals surface area contributed by atoms with Crippen LogP contribution in [0, 0.1) is 0 Å². The van der Waals surface area contributed by atoms with E-state index in [1.807, 2.05) is 23.4 Å². The monoisotopic (exact) mass is 242 g/mol. The Balaban J connectivity index is 2.13. The van der Waals surface area contributed by atoms with E-state index in [1.165, 1.54) is 0 Å². The topological polar surface area (TPSA) is 34.9 Å². The van der Waals surface area contributed by atoms with Gasteiger partial charge in [0.2, 0.25) is 0 Å². The summed E-state index contributed by atoms with van der Waals surface area (Å²) >= 11 is 3.64. The van der Waals surface area contributed by atoms with Crippen LogP contribution in [0.5, 0.6) is 0 Å². The molecule has 2 atom stereocenters. The molecule has 5 heteroatoms. The van der Waals surface area contributed by atoms with Gasteiger partial charge in [0, 0.05) is 30.0 Å². The average Bonchev–Trinajstić information content (AvgIpc) is 2.65. The Kier molecular flexibility index (Phi) is 3.41. The average molecular weight is 242 g/mol. The molecule has 0 aromatic carbocycles. The summed E-state index contributed by atoms with van der Waals surface area (Å²) in [5.41, 5.74) is 0.601. The summed E-state index contributed by atoms with van der Waals surface area (Å²) in [7, 11) is 1.88. The number of ketones is 1. The molecule has 0 aliphatic carbocycles. The van der Waals surface area contributed by atoms with Crippen molar-refractivity contribution in [2.24, 2.45) is 7.05 Å². The molecule has 1 aromatic heterocycles. The zero-order valence-electron chi connectivity index (χ0n) is 8.84. The van der Waals surface area contributed by atoms with Crippen LogP contribution in [0.15, 0.2) is 12.5 Å². The van der Waals surface area contributed by atoms with Crippen molar-refractivity contribution in [2.75, 3.05) is 11.5 Å². The van der Waals surface area contributed by atoms with Crippen molar-refractivity contribution in [1.82, 2.24) is 9.55 Å². The van der Waals surface area contributed by atoms with Gasteiger partial charge in [-0.15, -0.1) is 11.8 Å². The maximum absolute atomic E-state index is 12.1. The number of carbonyl (C=O) groups excluding carboxylic acids is 1. The number of rotatable bonds is 2. The molecular formula is C10H14N2OS2. The fraction of sp³-hybridized carbons (Fsp3) is 0.600. The van der Waals surface area contributed by atoms with E-state index in [0.29, 0.717) is 10.9 Å². The summed E-state index contributed by atoms with van der Waals surface area (Å²) in [6, 6.07) is 0. The van der Waals surface area contributed by atoms with Gasteiger partial charge in [0.15, 0.2) is 5.78 Å². The summed E-state index contributed by atoms with van der Waals surface area (Å²) in [6.07, 6.45) is 3.48. The molecule has 1 fully saturated rings. The number of nitrogens with zero attached hydrogens (tertiary/aromatic N) is 2. The number of aromatic nitrogens is 2. The van der Waals surface area contributed by atoms with Crippen molar-refractivity contribution in [1.29, 1.82) is 0 Å². The molecular weight excluding hydrogens is 228 g/mol. The number of imidazole rings is 1. The summed E-state index contributed by atoms with van der Waals surface area (Å²) in [5, 5.41) is 0.483. The molecule has 2 unspecified atom stereocenters. The third kappa shape index (κ3) is 2.39. The number of carbonyl (C=O) groups is 1. The van der Waals surface area contributed by atoms with E-state index in [1.54, 1.807) is 24.3 Å². The standard InChI is InChI=1S/C10H14N2OS2/c1-7-10(15-4-3-14-7)9(13)8-5-12(2)6-11-8/h5-7,10H,3-4H2,1-2H3. The van der Waals surface area contributed by atoms with Gasteiger partial charge in [-0.05, 0) is 0 Å². The van der Waals surface area contributed by atoms with Crippen molar-refractivity contribution in [3.8, 4) is 0 Å². The number of hydrogen-bond donors (Lipinski definition) is 0. The fourth-order valence-corrected chi connectivity index (χ4v) is 4.32. The van der Waals surface area contributed by atoms with Gasteiger partial charge in [-0.1, -0.05) is 6.92 Å². The zero-order chi connectivity index (χ0) is 10.8. The lowest BCUT2D eigenvalue weighted by atomic mass is 10.2. The minimum absolute atomic E-state index is 0.0821. The van der Waals surface area contributed by atoms with Gasteiger partial charge in [-0.3, -0.25) is 4.79 Å². The van der Waals surface area contributed by atoms with E-state index in [4.69, 9.17) is 0 Å². The Bertz CT molecular complexity index is 364. The van der Waals surface area contributed by atoms with Crippen molar-refractivity contribution < 1.29 is 4.79 Å². The lowest BCUT2D eigenvalue weighted by Crippen LogP contribution is -2.31. The van der Waals surface area contributed by atoms with Gasteiger partial charge in [-0.25, -0.2) is 4.98 Å². The van der Waals surface area contributed by atoms with Crippen LogP contribution >= 0.6 is 23.5 Å². The number of Topliss-reactive ketones (excluding diaryl/α,β-unsaturated/α-hetero) is 1. The van der Waals surface area contributed by atoms with E-state index >= 15 is 0 Å². The van der Waals surface area contributed by atoms with Crippen LogP contribution in [0.3, 0.4) is 0 Å². The fourth-order valence-electron chi connectivity index (χ4n) is 1.61. The summed E-state index contributed by atoms with van der Waals surface area (Å²) in [6.45, 7) is 2.13. The Morgan fingerprint density at radius 1 is 1.53 bits per heavy atom. The molecule has 1 aromatic rings. The summed E-state index contributed by atoms with van der Waals surface area (Å²) < 4.78 is 1.82. The van der Waals surface area contributed by atoms with Crippen LogP contribution in [0.1, 0.15) is 17.4 Å². The number of aryl methyl sites for hydroxylation is 1. The SMILES string of the molecule is CC1SCCSC1C(=O)c1cn(C)cn1. The van der Waals surface area contributed by atoms with Gasteiger partial charge >= 0.3 is 0 Å². The smallest absolute Gasteiger partial charge is 0.196 e. The van der Waals surface area contributed by atoms with Crippen LogP contribution < -0.4 is 0 Å². The van der Waals surface area contributed by atoms with Crippen molar-refractivity contribution in [3.63, 3.8) is 0 Å². The number of hydrogen-bond acceptors (Lipinski definition) is 4. The van der Waals surface area contributed by atoms with Crippen LogP contribution in [0.25, 0.3) is 0 Å². The molecule has 15 heavy (non-hydrogen) atoms. The molecule has 2 rings (SSSR count). The second-order valence-corrected chi connectivity index (χ2v) is 6.39. The quantitative estimate of drug-likeness (QED) is 0.741. The highest BCUT2D eigenvalue weighted by Gasteiger charge is 2.30. The van der Waals surface area contributed by atoms with E-state index in [-0.39, 0.29) is 11.0 Å². The van der Waals surface area contributed by atoms with E-state index < -0.39 is 0 Å². The maximum Gasteiger partial charge on any atom is 0.196 e. The lowest BCUT2D eigenvalue weighted by molar-refractivity contribution is 0.0985. The van der Waals surface area contributed by atoms with Gasteiger partial charge in [0.25, 0.3) is 0 Å². The first-order valence-corrected chi connectivity index (χ1v) is 7.03. The Morgan fingerprint density at radius 2 is 2.27 bits per heavy atom. The van der Waals surface area contributed by atoms with E-state index in [0.717, 1.165) is 11.5 Å². The number of thioether (sulfide) groups is 2. The molecule has 3 nitrogen and oxygen atoms in total. The molecule has 0 radical (unpaired) electrons. The third-order valence-electron chi connectivity index (χ3n) is 2.40. The normalized spacial score (nSPS) is 26.5.